The Balaban J connectivity index is 0.000000185. The Kier molecular flexibility index (Phi) is 16.8. The van der Waals surface area contributed by atoms with E-state index in [0.29, 0.717) is 56.8 Å². The number of phosphoric ester groups is 2. The number of hydrogen-bond acceptors (Lipinski definition) is 14. The van der Waals surface area contributed by atoms with E-state index in [-0.39, 0.29) is 127 Å². The van der Waals surface area contributed by atoms with Crippen LogP contribution in [-0.2, 0) is 27.2 Å². The van der Waals surface area contributed by atoms with Crippen LogP contribution in [0.1, 0.15) is 44.5 Å². The van der Waals surface area contributed by atoms with Gasteiger partial charge in [-0.05, 0) is 109 Å². The van der Waals surface area contributed by atoms with Crippen molar-refractivity contribution in [3.05, 3.63) is 226 Å². The molecule has 4 heterocycles. The molecule has 0 bridgehead atoms. The van der Waals surface area contributed by atoms with E-state index < -0.39 is 27.3 Å². The average molecular weight is 1100 g/mol. The van der Waals surface area contributed by atoms with Crippen molar-refractivity contribution in [2.45, 2.75) is 0 Å². The number of para-hydroxylation sites is 6. The summed E-state index contributed by atoms with van der Waals surface area (Å²) in [6.45, 7) is 0. The second-order valence-electron chi connectivity index (χ2n) is 16.7. The second-order valence-corrected chi connectivity index (χ2v) is 19.3. The van der Waals surface area contributed by atoms with E-state index in [0.717, 1.165) is 0 Å². The average Bonchev–Trinajstić information content (AvgIpc) is 3.84. The first-order valence-corrected chi connectivity index (χ1v) is 26.0. The summed E-state index contributed by atoms with van der Waals surface area (Å²) < 4.78 is 113. The smallest absolute Gasteiger partial charge is 0.736 e. The largest absolute Gasteiger partial charge is 1.00 e. The van der Waals surface area contributed by atoms with Gasteiger partial charge in [-0.25, -0.2) is 17.9 Å². The molecule has 0 N–H and O–H groups in total. The van der Waals surface area contributed by atoms with E-state index in [1.54, 1.807) is 133 Å². The number of phosphoric acid groups is 2. The molecule has 14 nitrogen and oxygen atoms in total. The molecule has 0 fully saturated rings. The number of fused-ring (bicyclic) bond motifs is 8. The maximum atomic E-state index is 14.6. The van der Waals surface area contributed by atoms with Crippen molar-refractivity contribution in [1.82, 2.24) is 0 Å². The van der Waals surface area contributed by atoms with Gasteiger partial charge in [0.05, 0.1) is 47.6 Å². The Morgan fingerprint density at radius 1 is 0.372 bits per heavy atom. The van der Waals surface area contributed by atoms with Crippen LogP contribution in [0.5, 0.6) is 57.5 Å². The number of benzene rings is 8. The molecular formula is C58H38F2Na2O14P2. The van der Waals surface area contributed by atoms with Gasteiger partial charge < -0.3 is 56.3 Å². The Bertz CT molecular complexity index is 3620. The van der Waals surface area contributed by atoms with Crippen LogP contribution in [0, 0.1) is 11.6 Å². The molecule has 0 spiro atoms. The first-order chi connectivity index (χ1) is 36.8. The summed E-state index contributed by atoms with van der Waals surface area (Å²) in [7, 11) is -7.19. The monoisotopic (exact) mass is 1100 g/mol. The third kappa shape index (κ3) is 11.7. The fourth-order valence-corrected chi connectivity index (χ4v) is 10.1. The van der Waals surface area contributed by atoms with Crippen LogP contribution in [-0.4, -0.2) is 14.2 Å². The number of hydrogen-bond donors (Lipinski definition) is 0. The predicted molar refractivity (Wildman–Crippen MR) is 276 cm³/mol. The van der Waals surface area contributed by atoms with E-state index in [1.807, 2.05) is 24.3 Å². The molecule has 0 saturated heterocycles. The molecule has 20 heteroatoms. The fourth-order valence-electron chi connectivity index (χ4n) is 8.48. The van der Waals surface area contributed by atoms with Crippen LogP contribution < -0.4 is 97.3 Å². The zero-order chi connectivity index (χ0) is 52.6. The normalized spacial score (nSPS) is 13.1. The Hall–Kier alpha value is -7.04. The SMILES string of the molecule is COc1cccc2c1Oc1ccccc1C=C2OP(=O)([O-])OC1=Cc2ccccc2Oc2c(OC)cccc21.O=P([O-])(OC1=Cc2c(F)cccc2Oc2ccccc21)OC1=Cc2c(F)cccc2Oc2ccccc21.[Na+].[Na+]. The minimum atomic E-state index is -5.18. The van der Waals surface area contributed by atoms with Crippen molar-refractivity contribution in [3.63, 3.8) is 0 Å². The van der Waals surface area contributed by atoms with Gasteiger partial charge in [0, 0.05) is 11.1 Å². The molecule has 4 aliphatic rings. The summed E-state index contributed by atoms with van der Waals surface area (Å²) in [5, 5.41) is 0. The second kappa shape index (κ2) is 23.5. The maximum Gasteiger partial charge on any atom is 1.00 e. The summed E-state index contributed by atoms with van der Waals surface area (Å²) in [5.74, 6) is 1.80. The van der Waals surface area contributed by atoms with Crippen molar-refractivity contribution in [3.8, 4) is 57.5 Å². The van der Waals surface area contributed by atoms with Crippen molar-refractivity contribution in [2.24, 2.45) is 0 Å². The Labute approximate surface area is 490 Å². The predicted octanol–water partition coefficient (Wildman–Crippen LogP) is 8.50. The molecule has 8 aromatic rings. The molecule has 0 radical (unpaired) electrons. The van der Waals surface area contributed by atoms with Crippen molar-refractivity contribution < 1.29 is 133 Å². The third-order valence-corrected chi connectivity index (χ3v) is 13.6. The van der Waals surface area contributed by atoms with Crippen molar-refractivity contribution in [2.75, 3.05) is 14.2 Å². The Morgan fingerprint density at radius 2 is 0.692 bits per heavy atom. The minimum Gasteiger partial charge on any atom is -0.736 e. The molecule has 0 saturated carbocycles. The fraction of sp³-hybridized carbons (Fsp3) is 0.0345. The van der Waals surface area contributed by atoms with E-state index >= 15 is 0 Å². The van der Waals surface area contributed by atoms with Crippen LogP contribution in [0.3, 0.4) is 0 Å². The molecule has 0 aliphatic carbocycles. The van der Waals surface area contributed by atoms with Crippen LogP contribution in [0.2, 0.25) is 0 Å². The summed E-state index contributed by atoms with van der Waals surface area (Å²) in [6.07, 6.45) is 5.65. The molecule has 8 aromatic carbocycles. The molecule has 380 valence electrons. The van der Waals surface area contributed by atoms with Gasteiger partial charge in [0.25, 0.3) is 0 Å². The van der Waals surface area contributed by atoms with Gasteiger partial charge in [-0.15, -0.1) is 0 Å². The van der Waals surface area contributed by atoms with Crippen LogP contribution in [0.25, 0.3) is 47.3 Å². The van der Waals surface area contributed by atoms with E-state index in [2.05, 4.69) is 0 Å². The van der Waals surface area contributed by atoms with E-state index in [9.17, 15) is 27.7 Å². The maximum absolute atomic E-state index is 14.6. The summed E-state index contributed by atoms with van der Waals surface area (Å²) in [4.78, 5) is 26.7. The van der Waals surface area contributed by atoms with Gasteiger partial charge in [-0.1, -0.05) is 84.9 Å². The van der Waals surface area contributed by atoms with Crippen LogP contribution in [0.4, 0.5) is 8.78 Å². The summed E-state index contributed by atoms with van der Waals surface area (Å²) in [5.41, 5.74) is 2.58. The van der Waals surface area contributed by atoms with E-state index in [1.165, 1.54) is 50.6 Å². The first kappa shape index (κ1) is 55.7. The Morgan fingerprint density at radius 3 is 1.09 bits per heavy atom. The van der Waals surface area contributed by atoms with Crippen LogP contribution >= 0.6 is 15.6 Å². The zero-order valence-corrected chi connectivity index (χ0v) is 47.6. The molecule has 12 rings (SSSR count). The van der Waals surface area contributed by atoms with E-state index in [4.69, 9.17) is 46.5 Å². The standard InChI is InChI=1S/C30H23O8P.C28H17F2O6P.2Na/c1-33-25-15-7-11-21-27(17-19-9-3-5-13-23(19)35-29(21)25)37-39(31,32)38-28-18-20-10-4-6-14-24(20)36-30-22(28)12-8-16-26(30)34-2;29-21-9-5-13-25-19(21)15-27(17-7-1-3-11-23(17)33-25)35-37(31,32)36-28-16-20-22(30)10-6-14-26(20)34-24-12-4-2-8-18(24)28;;/h3-18H,1-2H3,(H,31,32);1-16H,(H,31,32);;/q;;2*+1/p-2. The van der Waals surface area contributed by atoms with Gasteiger partial charge in [0.2, 0.25) is 0 Å². The van der Waals surface area contributed by atoms with Crippen LogP contribution in [0.15, 0.2) is 170 Å². The first-order valence-electron chi connectivity index (χ1n) is 23.1. The number of halogens is 2. The zero-order valence-electron chi connectivity index (χ0n) is 41.8. The topological polar surface area (TPSA) is 173 Å². The molecule has 0 aromatic heterocycles. The van der Waals surface area contributed by atoms with Gasteiger partial charge in [0.1, 0.15) is 69.2 Å². The molecule has 78 heavy (non-hydrogen) atoms. The molecule has 4 aliphatic heterocycles. The number of methoxy groups -OCH3 is 2. The molecular weight excluding hydrogens is 1070 g/mol. The summed E-state index contributed by atoms with van der Waals surface area (Å²) in [6, 6.07) is 46.2. The van der Waals surface area contributed by atoms with Gasteiger partial charge in [-0.3, -0.25) is 0 Å². The summed E-state index contributed by atoms with van der Waals surface area (Å²) >= 11 is 0. The quantitative estimate of drug-likeness (QED) is 0.0943. The number of ether oxygens (including phenoxy) is 6. The molecule has 0 amide bonds. The minimum absolute atomic E-state index is 0. The molecule has 0 unspecified atom stereocenters. The van der Waals surface area contributed by atoms with Gasteiger partial charge in [0.15, 0.2) is 23.0 Å². The van der Waals surface area contributed by atoms with Gasteiger partial charge in [-0.2, -0.15) is 0 Å². The third-order valence-electron chi connectivity index (χ3n) is 11.9. The van der Waals surface area contributed by atoms with Gasteiger partial charge >= 0.3 is 74.8 Å². The van der Waals surface area contributed by atoms with Crippen molar-refractivity contribution >= 4 is 63.0 Å². The molecule has 0 atom stereocenters. The number of rotatable bonds is 10. The van der Waals surface area contributed by atoms with Crippen molar-refractivity contribution in [1.29, 1.82) is 0 Å².